The van der Waals surface area contributed by atoms with Crippen LogP contribution in [0.3, 0.4) is 0 Å². The number of para-hydroxylation sites is 1. The zero-order chi connectivity index (χ0) is 51.1. The van der Waals surface area contributed by atoms with Crippen LogP contribution < -0.4 is 0 Å². The zero-order valence-corrected chi connectivity index (χ0v) is 42.5. The van der Waals surface area contributed by atoms with Crippen molar-refractivity contribution in [2.75, 3.05) is 0 Å². The van der Waals surface area contributed by atoms with Gasteiger partial charge in [0.2, 0.25) is 0 Å². The number of pyridine rings is 1. The SMILES string of the molecule is [2H]c1c(-c2ccc(C([2H])([2H])C(C)(C)C)cc2)ccnc1-c1cc(-c2cccc3c2nc(-c2cc(C(C)(C)C)cc(C(C)(C)C)c2O)n3-c2ccc(C(C)(C)C)cc2-c2ccccc2)cc(C(C)(C)C)c1. The minimum atomic E-state index is -1.53. The van der Waals surface area contributed by atoms with E-state index in [-0.39, 0.29) is 27.4 Å². The molecule has 0 aliphatic rings. The Morgan fingerprint density at radius 2 is 1.15 bits per heavy atom. The minimum absolute atomic E-state index is 0.104. The number of aromatic nitrogens is 3. The molecular formula is C63H71N3O. The summed E-state index contributed by atoms with van der Waals surface area (Å²) in [6.07, 6.45) is 0.234. The Morgan fingerprint density at radius 1 is 0.522 bits per heavy atom. The molecule has 1 N–H and O–H groups in total. The van der Waals surface area contributed by atoms with Gasteiger partial charge in [-0.2, -0.15) is 0 Å². The van der Waals surface area contributed by atoms with Gasteiger partial charge in [0.15, 0.2) is 0 Å². The van der Waals surface area contributed by atoms with E-state index in [0.717, 1.165) is 72.4 Å². The van der Waals surface area contributed by atoms with Crippen LogP contribution in [0.4, 0.5) is 0 Å². The van der Waals surface area contributed by atoms with Crippen molar-refractivity contribution in [2.24, 2.45) is 5.41 Å². The molecule has 67 heavy (non-hydrogen) atoms. The molecule has 8 aromatic rings. The standard InChI is InChI=1S/C63H71N3O/c1-59(2,3)39-40-24-26-41(27-25-40)43-30-31-64-53(35-43)45-32-44(33-47(34-45)61(7,8)9)49-22-19-23-55-56(49)65-58(51-37-48(62(10,11)12)38-52(57(51)67)63(13,14)15)66(55)54-29-28-46(60(4,5)6)36-50(54)42-20-17-16-18-21-42/h16-38,67H,39H2,1-15H3/i35D,39D2. The molecule has 8 rings (SSSR count). The molecule has 0 atom stereocenters. The highest BCUT2D eigenvalue weighted by atomic mass is 16.3. The molecule has 0 spiro atoms. The van der Waals surface area contributed by atoms with Crippen LogP contribution in [0.15, 0.2) is 140 Å². The first kappa shape index (κ1) is 43.3. The highest BCUT2D eigenvalue weighted by Gasteiger charge is 2.30. The molecule has 0 saturated heterocycles. The van der Waals surface area contributed by atoms with E-state index in [1.165, 1.54) is 5.56 Å². The Labute approximate surface area is 405 Å². The van der Waals surface area contributed by atoms with E-state index >= 15 is 0 Å². The van der Waals surface area contributed by atoms with Gasteiger partial charge in [-0.15, -0.1) is 0 Å². The van der Waals surface area contributed by atoms with Gasteiger partial charge in [0.05, 0.1) is 29.3 Å². The monoisotopic (exact) mass is 889 g/mol. The lowest BCUT2D eigenvalue weighted by Crippen LogP contribution is -2.17. The van der Waals surface area contributed by atoms with E-state index in [4.69, 9.17) is 12.7 Å². The van der Waals surface area contributed by atoms with Crippen LogP contribution in [0.5, 0.6) is 5.75 Å². The van der Waals surface area contributed by atoms with Crippen LogP contribution in [0.25, 0.3) is 72.7 Å². The van der Waals surface area contributed by atoms with Gasteiger partial charge < -0.3 is 5.11 Å². The number of hydrogen-bond donors (Lipinski definition) is 1. The number of hydrogen-bond acceptors (Lipinski definition) is 3. The minimum Gasteiger partial charge on any atom is -0.507 e. The number of nitrogens with zero attached hydrogens (tertiary/aromatic N) is 3. The van der Waals surface area contributed by atoms with Gasteiger partial charge in [-0.3, -0.25) is 9.55 Å². The zero-order valence-electron chi connectivity index (χ0n) is 45.5. The van der Waals surface area contributed by atoms with Crippen LogP contribution in [-0.2, 0) is 28.0 Å². The maximum atomic E-state index is 12.6. The van der Waals surface area contributed by atoms with Crippen LogP contribution in [0.2, 0.25) is 0 Å². The van der Waals surface area contributed by atoms with Crippen molar-refractivity contribution in [3.63, 3.8) is 0 Å². The Morgan fingerprint density at radius 3 is 1.78 bits per heavy atom. The van der Waals surface area contributed by atoms with Crippen molar-refractivity contribution in [1.82, 2.24) is 14.5 Å². The number of phenolic OH excluding ortho intramolecular Hbond substituents is 1. The van der Waals surface area contributed by atoms with E-state index in [1.807, 2.05) is 57.2 Å². The largest absolute Gasteiger partial charge is 0.507 e. The van der Waals surface area contributed by atoms with Crippen LogP contribution in [0.1, 0.15) is 136 Å². The lowest BCUT2D eigenvalue weighted by Gasteiger charge is -2.28. The lowest BCUT2D eigenvalue weighted by atomic mass is 9.79. The Hall–Kier alpha value is -6.26. The second kappa shape index (κ2) is 17.1. The average molecular weight is 889 g/mol. The van der Waals surface area contributed by atoms with E-state index in [0.29, 0.717) is 28.7 Å². The number of phenols is 1. The van der Waals surface area contributed by atoms with Gasteiger partial charge in [-0.25, -0.2) is 4.98 Å². The molecule has 0 amide bonds. The van der Waals surface area contributed by atoms with Gasteiger partial charge in [0.25, 0.3) is 0 Å². The molecule has 0 aliphatic carbocycles. The molecule has 2 heterocycles. The van der Waals surface area contributed by atoms with E-state index in [9.17, 15) is 6.48 Å². The smallest absolute Gasteiger partial charge is 0.149 e. The number of fused-ring (bicyclic) bond motifs is 1. The quantitative estimate of drug-likeness (QED) is 0.173. The van der Waals surface area contributed by atoms with Crippen molar-refractivity contribution in [3.05, 3.63) is 167 Å². The Bertz CT molecular complexity index is 3260. The molecular weight excluding hydrogens is 815 g/mol. The molecule has 0 fully saturated rings. The van der Waals surface area contributed by atoms with Crippen LogP contribution in [0, 0.1) is 5.41 Å². The van der Waals surface area contributed by atoms with E-state index in [2.05, 4.69) is 179 Å². The fourth-order valence-corrected chi connectivity index (χ4v) is 8.83. The molecule has 2 aromatic heterocycles. The second-order valence-electron chi connectivity index (χ2n) is 23.5. The molecule has 4 heteroatoms. The summed E-state index contributed by atoms with van der Waals surface area (Å²) in [5, 5.41) is 12.6. The third-order valence-electron chi connectivity index (χ3n) is 12.7. The predicted molar refractivity (Wildman–Crippen MR) is 286 cm³/mol. The predicted octanol–water partition coefficient (Wildman–Crippen LogP) is 17.2. The van der Waals surface area contributed by atoms with Crippen LogP contribution in [-0.4, -0.2) is 19.6 Å². The van der Waals surface area contributed by atoms with E-state index < -0.39 is 11.8 Å². The molecule has 0 unspecified atom stereocenters. The lowest BCUT2D eigenvalue weighted by molar-refractivity contribution is 0.411. The summed E-state index contributed by atoms with van der Waals surface area (Å²) in [4.78, 5) is 10.6. The first-order chi connectivity index (χ1) is 32.5. The fraction of sp³-hybridized carbons (Fsp3) is 0.333. The fourth-order valence-electron chi connectivity index (χ4n) is 8.83. The van der Waals surface area contributed by atoms with Crippen molar-refractivity contribution >= 4 is 11.0 Å². The highest BCUT2D eigenvalue weighted by molar-refractivity contribution is 5.98. The molecule has 0 saturated carbocycles. The summed E-state index contributed by atoms with van der Waals surface area (Å²) >= 11 is 0. The average Bonchev–Trinajstić information content (AvgIpc) is 3.67. The van der Waals surface area contributed by atoms with Crippen LogP contribution >= 0.6 is 0 Å². The molecule has 0 bridgehead atoms. The summed E-state index contributed by atoms with van der Waals surface area (Å²) < 4.78 is 29.6. The normalized spacial score (nSPS) is 13.7. The van der Waals surface area contributed by atoms with E-state index in [1.54, 1.807) is 6.20 Å². The maximum absolute atomic E-state index is 12.6. The third kappa shape index (κ3) is 9.91. The first-order valence-electron chi connectivity index (χ1n) is 25.3. The maximum Gasteiger partial charge on any atom is 0.149 e. The number of benzene rings is 6. The van der Waals surface area contributed by atoms with Crippen molar-refractivity contribution < 1.29 is 9.22 Å². The Kier molecular flexibility index (Phi) is 11.1. The summed E-state index contributed by atoms with van der Waals surface area (Å²) in [5.74, 6) is 0.869. The van der Waals surface area contributed by atoms with Gasteiger partial charge in [0, 0.05) is 31.2 Å². The van der Waals surface area contributed by atoms with Gasteiger partial charge >= 0.3 is 0 Å². The molecule has 6 aromatic carbocycles. The van der Waals surface area contributed by atoms with Gasteiger partial charge in [-0.05, 0) is 126 Å². The van der Waals surface area contributed by atoms with Gasteiger partial charge in [0.1, 0.15) is 11.6 Å². The number of rotatable bonds is 7. The topological polar surface area (TPSA) is 50.9 Å². The highest BCUT2D eigenvalue weighted by Crippen LogP contribution is 2.46. The summed E-state index contributed by atoms with van der Waals surface area (Å²) in [7, 11) is 0. The molecule has 344 valence electrons. The molecule has 0 radical (unpaired) electrons. The summed E-state index contributed by atoms with van der Waals surface area (Å²) in [6.45, 7) is 32.2. The Balaban J connectivity index is 1.42. The van der Waals surface area contributed by atoms with Crippen molar-refractivity contribution in [2.45, 2.75) is 132 Å². The summed E-state index contributed by atoms with van der Waals surface area (Å²) in [6, 6.07) is 44.2. The van der Waals surface area contributed by atoms with Crippen molar-refractivity contribution in [3.8, 4) is 67.5 Å². The first-order valence-corrected chi connectivity index (χ1v) is 23.8. The second-order valence-corrected chi connectivity index (χ2v) is 23.5. The molecule has 4 nitrogen and oxygen atoms in total. The summed E-state index contributed by atoms with van der Waals surface area (Å²) in [5.41, 5.74) is 13.6. The number of aromatic hydroxyl groups is 1. The number of imidazole rings is 1. The molecule has 0 aliphatic heterocycles. The third-order valence-corrected chi connectivity index (χ3v) is 12.7. The van der Waals surface area contributed by atoms with Gasteiger partial charge in [-0.1, -0.05) is 189 Å². The van der Waals surface area contributed by atoms with Crippen molar-refractivity contribution in [1.29, 1.82) is 0 Å².